The van der Waals surface area contributed by atoms with Gasteiger partial charge in [-0.1, -0.05) is 5.21 Å². The first kappa shape index (κ1) is 12.7. The highest BCUT2D eigenvalue weighted by Gasteiger charge is 2.24. The molecule has 1 aliphatic heterocycles. The van der Waals surface area contributed by atoms with Crippen LogP contribution in [0.5, 0.6) is 0 Å². The van der Waals surface area contributed by atoms with Crippen molar-refractivity contribution < 1.29 is 4.79 Å². The van der Waals surface area contributed by atoms with E-state index < -0.39 is 0 Å². The SMILES string of the molecule is CCN(C(=O)c1cn(C2CNC2)nn1)c1ccncc1. The average Bonchev–Trinajstić information content (AvgIpc) is 2.88. The van der Waals surface area contributed by atoms with E-state index in [0.717, 1.165) is 18.8 Å². The number of carbonyl (C=O) groups is 1. The van der Waals surface area contributed by atoms with Gasteiger partial charge in [0, 0.05) is 37.7 Å². The number of pyridine rings is 1. The molecule has 2 aromatic rings. The van der Waals surface area contributed by atoms with Crippen molar-refractivity contribution in [3.05, 3.63) is 36.4 Å². The molecular weight excluding hydrogens is 256 g/mol. The maximum absolute atomic E-state index is 12.5. The summed E-state index contributed by atoms with van der Waals surface area (Å²) < 4.78 is 1.75. The predicted molar refractivity (Wildman–Crippen MR) is 73.5 cm³/mol. The summed E-state index contributed by atoms with van der Waals surface area (Å²) in [5.74, 6) is -0.141. The van der Waals surface area contributed by atoms with Crippen LogP contribution in [0.15, 0.2) is 30.7 Å². The molecule has 1 saturated heterocycles. The van der Waals surface area contributed by atoms with E-state index in [1.807, 2.05) is 19.1 Å². The van der Waals surface area contributed by atoms with Gasteiger partial charge in [0.05, 0.1) is 12.2 Å². The third-order valence-electron chi connectivity index (χ3n) is 3.40. The molecule has 0 atom stereocenters. The zero-order valence-electron chi connectivity index (χ0n) is 11.2. The number of aromatic nitrogens is 4. The number of nitrogens with one attached hydrogen (secondary N) is 1. The average molecular weight is 272 g/mol. The van der Waals surface area contributed by atoms with Crippen molar-refractivity contribution in [2.45, 2.75) is 13.0 Å². The molecule has 0 unspecified atom stereocenters. The molecule has 1 N–H and O–H groups in total. The van der Waals surface area contributed by atoms with E-state index in [2.05, 4.69) is 20.6 Å². The van der Waals surface area contributed by atoms with Crippen LogP contribution in [0.25, 0.3) is 0 Å². The molecule has 104 valence electrons. The molecule has 7 nitrogen and oxygen atoms in total. The highest BCUT2D eigenvalue weighted by atomic mass is 16.2. The first-order chi connectivity index (χ1) is 9.79. The van der Waals surface area contributed by atoms with E-state index in [9.17, 15) is 4.79 Å². The molecule has 3 heterocycles. The summed E-state index contributed by atoms with van der Waals surface area (Å²) in [4.78, 5) is 18.1. The topological polar surface area (TPSA) is 75.9 Å². The van der Waals surface area contributed by atoms with Crippen LogP contribution in [-0.2, 0) is 0 Å². The maximum Gasteiger partial charge on any atom is 0.280 e. The Labute approximate surface area is 116 Å². The number of hydrogen-bond donors (Lipinski definition) is 1. The Morgan fingerprint density at radius 3 is 2.80 bits per heavy atom. The summed E-state index contributed by atoms with van der Waals surface area (Å²) >= 11 is 0. The van der Waals surface area contributed by atoms with Crippen LogP contribution in [0.4, 0.5) is 5.69 Å². The van der Waals surface area contributed by atoms with Crippen LogP contribution in [0.2, 0.25) is 0 Å². The van der Waals surface area contributed by atoms with E-state index in [0.29, 0.717) is 18.3 Å². The number of anilines is 1. The van der Waals surface area contributed by atoms with Gasteiger partial charge in [-0.05, 0) is 19.1 Å². The molecule has 0 bridgehead atoms. The van der Waals surface area contributed by atoms with Crippen LogP contribution in [0.1, 0.15) is 23.5 Å². The largest absolute Gasteiger partial charge is 0.312 e. The molecule has 7 heteroatoms. The Hall–Kier alpha value is -2.28. The van der Waals surface area contributed by atoms with Gasteiger partial charge in [-0.25, -0.2) is 4.68 Å². The van der Waals surface area contributed by atoms with Crippen molar-refractivity contribution >= 4 is 11.6 Å². The third kappa shape index (κ3) is 2.27. The third-order valence-corrected chi connectivity index (χ3v) is 3.40. The summed E-state index contributed by atoms with van der Waals surface area (Å²) in [6, 6.07) is 3.92. The maximum atomic E-state index is 12.5. The fourth-order valence-electron chi connectivity index (χ4n) is 2.12. The predicted octanol–water partition coefficient (Wildman–Crippen LogP) is 0.484. The number of rotatable bonds is 4. The lowest BCUT2D eigenvalue weighted by atomic mass is 10.2. The van der Waals surface area contributed by atoms with Crippen LogP contribution < -0.4 is 10.2 Å². The molecular formula is C13H16N6O. The molecule has 20 heavy (non-hydrogen) atoms. The van der Waals surface area contributed by atoms with Gasteiger partial charge in [0.2, 0.25) is 0 Å². The Balaban J connectivity index is 1.81. The molecule has 2 aromatic heterocycles. The number of hydrogen-bond acceptors (Lipinski definition) is 5. The Morgan fingerprint density at radius 1 is 1.45 bits per heavy atom. The second-order valence-corrected chi connectivity index (χ2v) is 4.65. The van der Waals surface area contributed by atoms with Crippen molar-refractivity contribution in [3.63, 3.8) is 0 Å². The van der Waals surface area contributed by atoms with E-state index in [1.165, 1.54) is 0 Å². The number of amides is 1. The highest BCUT2D eigenvalue weighted by molar-refractivity contribution is 6.04. The molecule has 0 aromatic carbocycles. The van der Waals surface area contributed by atoms with Crippen molar-refractivity contribution in [3.8, 4) is 0 Å². The van der Waals surface area contributed by atoms with Crippen LogP contribution >= 0.6 is 0 Å². The van der Waals surface area contributed by atoms with Gasteiger partial charge in [-0.3, -0.25) is 9.78 Å². The molecule has 1 aliphatic rings. The van der Waals surface area contributed by atoms with Crippen LogP contribution in [0.3, 0.4) is 0 Å². The smallest absolute Gasteiger partial charge is 0.280 e. The van der Waals surface area contributed by atoms with Gasteiger partial charge < -0.3 is 10.2 Å². The summed E-state index contributed by atoms with van der Waals surface area (Å²) in [5, 5.41) is 11.2. The molecule has 0 aliphatic carbocycles. The fourth-order valence-corrected chi connectivity index (χ4v) is 2.12. The Bertz CT molecular complexity index is 592. The highest BCUT2D eigenvalue weighted by Crippen LogP contribution is 2.16. The first-order valence-corrected chi connectivity index (χ1v) is 6.64. The van der Waals surface area contributed by atoms with Gasteiger partial charge in [0.25, 0.3) is 5.91 Å². The molecule has 1 fully saturated rings. The summed E-state index contributed by atoms with van der Waals surface area (Å²) in [6.07, 6.45) is 5.06. The second-order valence-electron chi connectivity index (χ2n) is 4.65. The van der Waals surface area contributed by atoms with Gasteiger partial charge >= 0.3 is 0 Å². The van der Waals surface area contributed by atoms with E-state index in [1.54, 1.807) is 28.2 Å². The molecule has 3 rings (SSSR count). The van der Waals surface area contributed by atoms with E-state index in [-0.39, 0.29) is 5.91 Å². The Morgan fingerprint density at radius 2 is 2.20 bits per heavy atom. The minimum absolute atomic E-state index is 0.141. The van der Waals surface area contributed by atoms with Gasteiger partial charge in [0.1, 0.15) is 0 Å². The van der Waals surface area contributed by atoms with Gasteiger partial charge in [0.15, 0.2) is 5.69 Å². The summed E-state index contributed by atoms with van der Waals surface area (Å²) in [6.45, 7) is 4.25. The minimum atomic E-state index is -0.141. The minimum Gasteiger partial charge on any atom is -0.312 e. The van der Waals surface area contributed by atoms with Crippen LogP contribution in [0, 0.1) is 0 Å². The molecule has 1 amide bonds. The lowest BCUT2D eigenvalue weighted by Gasteiger charge is -2.26. The second kappa shape index (κ2) is 5.38. The zero-order valence-corrected chi connectivity index (χ0v) is 11.2. The fraction of sp³-hybridized carbons (Fsp3) is 0.385. The molecule has 0 saturated carbocycles. The molecule has 0 radical (unpaired) electrons. The van der Waals surface area contributed by atoms with Crippen LogP contribution in [-0.4, -0.2) is 45.5 Å². The summed E-state index contributed by atoms with van der Waals surface area (Å²) in [7, 11) is 0. The quantitative estimate of drug-likeness (QED) is 0.876. The normalized spacial score (nSPS) is 14.8. The van der Waals surface area contributed by atoms with Gasteiger partial charge in [-0.15, -0.1) is 5.10 Å². The lowest BCUT2D eigenvalue weighted by molar-refractivity contribution is 0.0983. The van der Waals surface area contributed by atoms with E-state index >= 15 is 0 Å². The number of nitrogens with zero attached hydrogens (tertiary/aromatic N) is 5. The van der Waals surface area contributed by atoms with Gasteiger partial charge in [-0.2, -0.15) is 0 Å². The van der Waals surface area contributed by atoms with Crippen molar-refractivity contribution in [2.24, 2.45) is 0 Å². The molecule has 0 spiro atoms. The lowest BCUT2D eigenvalue weighted by Crippen LogP contribution is -2.43. The zero-order chi connectivity index (χ0) is 13.9. The van der Waals surface area contributed by atoms with Crippen molar-refractivity contribution in [2.75, 3.05) is 24.5 Å². The van der Waals surface area contributed by atoms with Crippen molar-refractivity contribution in [1.82, 2.24) is 25.3 Å². The monoisotopic (exact) mass is 272 g/mol. The summed E-state index contributed by atoms with van der Waals surface area (Å²) in [5.41, 5.74) is 1.18. The standard InChI is InChI=1S/C13H16N6O/c1-2-18(10-3-5-14-6-4-10)13(20)12-9-19(17-16-12)11-7-15-8-11/h3-6,9,11,15H,2,7-8H2,1H3. The van der Waals surface area contributed by atoms with Crippen molar-refractivity contribution in [1.29, 1.82) is 0 Å². The Kier molecular flexibility index (Phi) is 3.42. The van der Waals surface area contributed by atoms with E-state index in [4.69, 9.17) is 0 Å². The number of carbonyl (C=O) groups excluding carboxylic acids is 1. The first-order valence-electron chi connectivity index (χ1n) is 6.64.